The average molecular weight is 264 g/mol. The second-order valence-corrected chi connectivity index (χ2v) is 5.92. The number of hydrogen-bond donors (Lipinski definition) is 1. The summed E-state index contributed by atoms with van der Waals surface area (Å²) in [5.41, 5.74) is 0. The van der Waals surface area contributed by atoms with E-state index in [0.29, 0.717) is 6.04 Å². The predicted octanol–water partition coefficient (Wildman–Crippen LogP) is 0.866. The van der Waals surface area contributed by atoms with E-state index in [1.807, 2.05) is 24.0 Å². The molecule has 2 fully saturated rings. The molecule has 0 spiro atoms. The zero-order valence-corrected chi connectivity index (χ0v) is 11.4. The van der Waals surface area contributed by atoms with E-state index in [2.05, 4.69) is 32.2 Å². The summed E-state index contributed by atoms with van der Waals surface area (Å²) in [6.45, 7) is 5.69. The summed E-state index contributed by atoms with van der Waals surface area (Å²) in [6, 6.07) is 6.83. The average Bonchev–Trinajstić information content (AvgIpc) is 2.94. The monoisotopic (exact) mass is 264 g/mol. The Morgan fingerprint density at radius 1 is 1.28 bits per heavy atom. The maximum atomic E-state index is 4.42. The first kappa shape index (κ1) is 12.3. The van der Waals surface area contributed by atoms with Gasteiger partial charge in [0, 0.05) is 56.6 Å². The minimum absolute atomic E-state index is 0.691. The number of hydrogen-bond acceptors (Lipinski definition) is 5. The maximum absolute atomic E-state index is 4.42. The number of aromatic nitrogens is 1. The minimum atomic E-state index is 0.691. The molecule has 98 valence electrons. The molecular formula is C13H20N4S. The Hall–Kier alpha value is -0.780. The molecule has 1 N–H and O–H groups in total. The van der Waals surface area contributed by atoms with Crippen molar-refractivity contribution in [2.75, 3.05) is 49.3 Å². The molecular weight excluding hydrogens is 244 g/mol. The van der Waals surface area contributed by atoms with E-state index >= 15 is 0 Å². The Balaban J connectivity index is 1.49. The van der Waals surface area contributed by atoms with Gasteiger partial charge >= 0.3 is 0 Å². The molecule has 0 saturated carbocycles. The van der Waals surface area contributed by atoms with Gasteiger partial charge < -0.3 is 10.2 Å². The Morgan fingerprint density at radius 3 is 2.83 bits per heavy atom. The number of piperazine rings is 1. The van der Waals surface area contributed by atoms with Crippen molar-refractivity contribution in [1.29, 1.82) is 0 Å². The van der Waals surface area contributed by atoms with Crippen molar-refractivity contribution in [3.05, 3.63) is 24.4 Å². The van der Waals surface area contributed by atoms with Gasteiger partial charge in [0.25, 0.3) is 0 Å². The molecule has 2 aliphatic rings. The normalized spacial score (nSPS) is 25.6. The van der Waals surface area contributed by atoms with Crippen LogP contribution in [-0.4, -0.2) is 60.3 Å². The molecule has 1 aromatic rings. The van der Waals surface area contributed by atoms with Crippen molar-refractivity contribution >= 4 is 17.6 Å². The van der Waals surface area contributed by atoms with Crippen LogP contribution < -0.4 is 10.2 Å². The van der Waals surface area contributed by atoms with E-state index < -0.39 is 0 Å². The number of anilines is 1. The van der Waals surface area contributed by atoms with Gasteiger partial charge in [0.05, 0.1) is 0 Å². The first-order chi connectivity index (χ1) is 8.92. The third-order valence-electron chi connectivity index (χ3n) is 3.62. The SMILES string of the molecule is c1ccc(N2CCN(CC3CSCN3)CC2)nc1. The topological polar surface area (TPSA) is 31.4 Å². The molecule has 1 atom stereocenters. The first-order valence-corrected chi connectivity index (χ1v) is 7.77. The number of pyridine rings is 1. The molecule has 1 aromatic heterocycles. The molecule has 1 unspecified atom stereocenters. The highest BCUT2D eigenvalue weighted by Crippen LogP contribution is 2.15. The summed E-state index contributed by atoms with van der Waals surface area (Å²) in [5, 5.41) is 3.54. The van der Waals surface area contributed by atoms with Gasteiger partial charge in [-0.1, -0.05) is 6.07 Å². The zero-order valence-electron chi connectivity index (χ0n) is 10.6. The molecule has 0 aromatic carbocycles. The van der Waals surface area contributed by atoms with E-state index in [9.17, 15) is 0 Å². The Labute approximate surface area is 113 Å². The number of nitrogens with one attached hydrogen (secondary N) is 1. The van der Waals surface area contributed by atoms with Gasteiger partial charge in [0.1, 0.15) is 5.82 Å². The van der Waals surface area contributed by atoms with Crippen molar-refractivity contribution in [1.82, 2.24) is 15.2 Å². The summed E-state index contributed by atoms with van der Waals surface area (Å²) in [4.78, 5) is 9.38. The molecule has 3 heterocycles. The highest BCUT2D eigenvalue weighted by Gasteiger charge is 2.22. The predicted molar refractivity (Wildman–Crippen MR) is 77.1 cm³/mol. The summed E-state index contributed by atoms with van der Waals surface area (Å²) in [7, 11) is 0. The van der Waals surface area contributed by atoms with Crippen LogP contribution in [0.5, 0.6) is 0 Å². The van der Waals surface area contributed by atoms with Crippen LogP contribution in [0.4, 0.5) is 5.82 Å². The zero-order chi connectivity index (χ0) is 12.2. The van der Waals surface area contributed by atoms with Gasteiger partial charge in [-0.3, -0.25) is 4.90 Å². The molecule has 2 saturated heterocycles. The Morgan fingerprint density at radius 2 is 2.17 bits per heavy atom. The van der Waals surface area contributed by atoms with Gasteiger partial charge in [-0.25, -0.2) is 4.98 Å². The fourth-order valence-corrected chi connectivity index (χ4v) is 3.55. The number of nitrogens with zero attached hydrogens (tertiary/aromatic N) is 3. The van der Waals surface area contributed by atoms with Gasteiger partial charge in [-0.05, 0) is 12.1 Å². The van der Waals surface area contributed by atoms with Crippen molar-refractivity contribution < 1.29 is 0 Å². The second kappa shape index (κ2) is 5.91. The van der Waals surface area contributed by atoms with Crippen molar-refractivity contribution in [3.63, 3.8) is 0 Å². The number of rotatable bonds is 3. The van der Waals surface area contributed by atoms with Crippen LogP contribution in [0.3, 0.4) is 0 Å². The molecule has 18 heavy (non-hydrogen) atoms. The van der Waals surface area contributed by atoms with Gasteiger partial charge in [-0.15, -0.1) is 11.8 Å². The van der Waals surface area contributed by atoms with E-state index in [1.165, 1.54) is 12.3 Å². The summed E-state index contributed by atoms with van der Waals surface area (Å²) >= 11 is 2.01. The smallest absolute Gasteiger partial charge is 0.128 e. The molecule has 3 rings (SSSR count). The lowest BCUT2D eigenvalue weighted by molar-refractivity contribution is 0.240. The van der Waals surface area contributed by atoms with E-state index in [0.717, 1.165) is 37.9 Å². The van der Waals surface area contributed by atoms with Crippen LogP contribution in [0.15, 0.2) is 24.4 Å². The van der Waals surface area contributed by atoms with E-state index in [4.69, 9.17) is 0 Å². The Bertz CT molecular complexity index is 359. The molecule has 4 nitrogen and oxygen atoms in total. The summed E-state index contributed by atoms with van der Waals surface area (Å²) in [6.07, 6.45) is 1.88. The molecule has 0 amide bonds. The van der Waals surface area contributed by atoms with Crippen LogP contribution in [0, 0.1) is 0 Å². The van der Waals surface area contributed by atoms with Crippen LogP contribution >= 0.6 is 11.8 Å². The van der Waals surface area contributed by atoms with Crippen molar-refractivity contribution in [3.8, 4) is 0 Å². The van der Waals surface area contributed by atoms with Gasteiger partial charge in [-0.2, -0.15) is 0 Å². The molecule has 0 radical (unpaired) electrons. The van der Waals surface area contributed by atoms with Crippen LogP contribution in [-0.2, 0) is 0 Å². The minimum Gasteiger partial charge on any atom is -0.354 e. The van der Waals surface area contributed by atoms with Crippen molar-refractivity contribution in [2.24, 2.45) is 0 Å². The largest absolute Gasteiger partial charge is 0.354 e. The molecule has 5 heteroatoms. The lowest BCUT2D eigenvalue weighted by Crippen LogP contribution is -2.50. The molecule has 2 aliphatic heterocycles. The quantitative estimate of drug-likeness (QED) is 0.875. The first-order valence-electron chi connectivity index (χ1n) is 6.61. The lowest BCUT2D eigenvalue weighted by atomic mass is 10.2. The molecule has 0 aliphatic carbocycles. The summed E-state index contributed by atoms with van der Waals surface area (Å²) in [5.74, 6) is 3.51. The van der Waals surface area contributed by atoms with Gasteiger partial charge in [0.15, 0.2) is 0 Å². The van der Waals surface area contributed by atoms with Crippen LogP contribution in [0.2, 0.25) is 0 Å². The van der Waals surface area contributed by atoms with E-state index in [-0.39, 0.29) is 0 Å². The maximum Gasteiger partial charge on any atom is 0.128 e. The second-order valence-electron chi connectivity index (χ2n) is 4.89. The highest BCUT2D eigenvalue weighted by molar-refractivity contribution is 7.99. The fraction of sp³-hybridized carbons (Fsp3) is 0.615. The Kier molecular flexibility index (Phi) is 4.02. The van der Waals surface area contributed by atoms with Crippen molar-refractivity contribution in [2.45, 2.75) is 6.04 Å². The standard InChI is InChI=1S/C13H20N4S/c1-2-4-14-13(3-1)17-7-5-16(6-8-17)9-12-10-18-11-15-12/h1-4,12,15H,5-11H2. The number of thioether (sulfide) groups is 1. The lowest BCUT2D eigenvalue weighted by Gasteiger charge is -2.36. The summed E-state index contributed by atoms with van der Waals surface area (Å²) < 4.78 is 0. The third-order valence-corrected chi connectivity index (χ3v) is 4.63. The molecule has 0 bridgehead atoms. The van der Waals surface area contributed by atoms with Gasteiger partial charge in [0.2, 0.25) is 0 Å². The fourth-order valence-electron chi connectivity index (χ4n) is 2.57. The highest BCUT2D eigenvalue weighted by atomic mass is 32.2. The van der Waals surface area contributed by atoms with E-state index in [1.54, 1.807) is 0 Å². The van der Waals surface area contributed by atoms with Crippen LogP contribution in [0.25, 0.3) is 0 Å². The van der Waals surface area contributed by atoms with Crippen LogP contribution in [0.1, 0.15) is 0 Å². The third kappa shape index (κ3) is 2.96.